The summed E-state index contributed by atoms with van der Waals surface area (Å²) in [6.45, 7) is 2.13. The predicted molar refractivity (Wildman–Crippen MR) is 75.2 cm³/mol. The molecule has 3 rings (SSSR count). The van der Waals surface area contributed by atoms with Crippen molar-refractivity contribution in [1.29, 1.82) is 0 Å². The second kappa shape index (κ2) is 4.72. The van der Waals surface area contributed by atoms with Gasteiger partial charge < -0.3 is 10.6 Å². The van der Waals surface area contributed by atoms with E-state index < -0.39 is 4.92 Å². The van der Waals surface area contributed by atoms with Gasteiger partial charge in [-0.2, -0.15) is 0 Å². The monoisotopic (exact) mass is 261 g/mol. The van der Waals surface area contributed by atoms with Crippen LogP contribution in [0, 0.1) is 22.0 Å². The highest BCUT2D eigenvalue weighted by Gasteiger charge is 2.29. The number of hydrogen-bond acceptors (Lipinski definition) is 4. The highest BCUT2D eigenvalue weighted by atomic mass is 16.6. The van der Waals surface area contributed by atoms with Gasteiger partial charge in [0.05, 0.1) is 4.92 Å². The molecule has 0 aromatic heterocycles. The molecule has 2 fully saturated rings. The van der Waals surface area contributed by atoms with E-state index in [1.807, 2.05) is 6.07 Å². The maximum absolute atomic E-state index is 10.8. The van der Waals surface area contributed by atoms with Crippen molar-refractivity contribution in [2.24, 2.45) is 11.8 Å². The van der Waals surface area contributed by atoms with Crippen LogP contribution in [0.5, 0.6) is 0 Å². The molecule has 0 heterocycles. The van der Waals surface area contributed by atoms with Crippen LogP contribution in [-0.4, -0.2) is 18.0 Å². The molecule has 5 nitrogen and oxygen atoms in total. The molecule has 2 aliphatic rings. The minimum absolute atomic E-state index is 0.00143. The summed E-state index contributed by atoms with van der Waals surface area (Å²) in [5.74, 6) is 1.60. The van der Waals surface area contributed by atoms with Crippen LogP contribution in [0.15, 0.2) is 18.2 Å². The molecule has 0 atom stereocenters. The lowest BCUT2D eigenvalue weighted by atomic mass is 10.2. The molecule has 0 aliphatic heterocycles. The smallest absolute Gasteiger partial charge is 0.292 e. The van der Waals surface area contributed by atoms with Crippen LogP contribution >= 0.6 is 0 Å². The van der Waals surface area contributed by atoms with Gasteiger partial charge in [-0.3, -0.25) is 10.1 Å². The molecule has 2 aliphatic carbocycles. The van der Waals surface area contributed by atoms with Gasteiger partial charge in [0, 0.05) is 24.8 Å². The van der Waals surface area contributed by atoms with Gasteiger partial charge in [0.2, 0.25) is 0 Å². The van der Waals surface area contributed by atoms with Crippen molar-refractivity contribution in [2.75, 3.05) is 23.7 Å². The summed E-state index contributed by atoms with van der Waals surface area (Å²) in [4.78, 5) is 12.7. The van der Waals surface area contributed by atoms with Crippen molar-refractivity contribution >= 4 is 17.1 Å². The number of anilines is 2. The van der Waals surface area contributed by atoms with E-state index in [0.717, 1.165) is 30.6 Å². The predicted octanol–water partition coefficient (Wildman–Crippen LogP) is 2.80. The number of nitrogens with two attached hydrogens (primary N) is 1. The quantitative estimate of drug-likeness (QED) is 0.485. The Balaban J connectivity index is 1.79. The molecule has 0 saturated heterocycles. The number of nitrogens with zero attached hydrogens (tertiary/aromatic N) is 2. The minimum Gasteiger partial charge on any atom is -0.393 e. The number of nitro groups is 1. The second-order valence-corrected chi connectivity index (χ2v) is 5.79. The lowest BCUT2D eigenvalue weighted by Crippen LogP contribution is -2.28. The summed E-state index contributed by atoms with van der Waals surface area (Å²) < 4.78 is 0. The molecule has 19 heavy (non-hydrogen) atoms. The number of nitro benzene ring substituents is 1. The van der Waals surface area contributed by atoms with Crippen molar-refractivity contribution in [3.8, 4) is 0 Å². The molecule has 0 spiro atoms. The first-order valence-corrected chi connectivity index (χ1v) is 6.92. The maximum Gasteiger partial charge on any atom is 0.292 e. The zero-order valence-electron chi connectivity index (χ0n) is 10.9. The van der Waals surface area contributed by atoms with Gasteiger partial charge in [0.25, 0.3) is 5.69 Å². The van der Waals surface area contributed by atoms with Gasteiger partial charge in [-0.1, -0.05) is 0 Å². The summed E-state index contributed by atoms with van der Waals surface area (Å²) in [6, 6.07) is 5.11. The minimum atomic E-state index is -0.425. The van der Waals surface area contributed by atoms with E-state index >= 15 is 0 Å². The molecule has 102 valence electrons. The Kier molecular flexibility index (Phi) is 3.05. The maximum atomic E-state index is 10.8. The average Bonchev–Trinajstić information content (AvgIpc) is 3.22. The average molecular weight is 261 g/mol. The molecular formula is C14H19N3O2. The van der Waals surface area contributed by atoms with Crippen molar-refractivity contribution in [3.63, 3.8) is 0 Å². The molecule has 2 N–H and O–H groups in total. The van der Waals surface area contributed by atoms with E-state index in [4.69, 9.17) is 5.73 Å². The number of rotatable bonds is 6. The summed E-state index contributed by atoms with van der Waals surface area (Å²) in [5, 5.41) is 10.8. The zero-order valence-corrected chi connectivity index (χ0v) is 10.9. The zero-order chi connectivity index (χ0) is 13.4. The fourth-order valence-electron chi connectivity index (χ4n) is 2.41. The van der Waals surface area contributed by atoms with Crippen LogP contribution in [-0.2, 0) is 0 Å². The normalized spacial score (nSPS) is 18.3. The number of nitrogen functional groups attached to an aromatic ring is 1. The van der Waals surface area contributed by atoms with E-state index in [0.29, 0.717) is 0 Å². The standard InChI is InChI=1S/C14H19N3O2/c15-13-7-12(5-6-14(13)17(18)19)16(8-10-1-2-10)9-11-3-4-11/h5-7,10-11H,1-4,8-9,15H2. The third-order valence-electron chi connectivity index (χ3n) is 3.92. The van der Waals surface area contributed by atoms with Crippen molar-refractivity contribution in [1.82, 2.24) is 0 Å². The summed E-state index contributed by atoms with van der Waals surface area (Å²) >= 11 is 0. The Morgan fingerprint density at radius 1 is 1.21 bits per heavy atom. The SMILES string of the molecule is Nc1cc(N(CC2CC2)CC2CC2)ccc1[N+](=O)[O-]. The Bertz CT molecular complexity index is 481. The highest BCUT2D eigenvalue weighted by molar-refractivity contribution is 5.66. The highest BCUT2D eigenvalue weighted by Crippen LogP contribution is 2.37. The van der Waals surface area contributed by atoms with E-state index in [2.05, 4.69) is 4.90 Å². The molecule has 1 aromatic carbocycles. The topological polar surface area (TPSA) is 72.4 Å². The molecule has 0 unspecified atom stereocenters. The van der Waals surface area contributed by atoms with E-state index in [9.17, 15) is 10.1 Å². The Hall–Kier alpha value is -1.78. The third kappa shape index (κ3) is 2.97. The van der Waals surface area contributed by atoms with Crippen LogP contribution in [0.1, 0.15) is 25.7 Å². The summed E-state index contributed by atoms with van der Waals surface area (Å²) in [5.41, 5.74) is 7.08. The first-order chi connectivity index (χ1) is 9.13. The number of benzene rings is 1. The van der Waals surface area contributed by atoms with Crippen LogP contribution < -0.4 is 10.6 Å². The fraction of sp³-hybridized carbons (Fsp3) is 0.571. The largest absolute Gasteiger partial charge is 0.393 e. The summed E-state index contributed by atoms with van der Waals surface area (Å²) in [7, 11) is 0. The van der Waals surface area contributed by atoms with Gasteiger partial charge in [0.15, 0.2) is 0 Å². The molecule has 0 radical (unpaired) electrons. The molecular weight excluding hydrogens is 242 g/mol. The van der Waals surface area contributed by atoms with Gasteiger partial charge >= 0.3 is 0 Å². The molecule has 5 heteroatoms. The van der Waals surface area contributed by atoms with Crippen LogP contribution in [0.3, 0.4) is 0 Å². The molecule has 0 amide bonds. The van der Waals surface area contributed by atoms with Crippen molar-refractivity contribution in [2.45, 2.75) is 25.7 Å². The molecule has 1 aromatic rings. The van der Waals surface area contributed by atoms with Gasteiger partial charge in [-0.15, -0.1) is 0 Å². The first-order valence-electron chi connectivity index (χ1n) is 6.92. The lowest BCUT2D eigenvalue weighted by molar-refractivity contribution is -0.383. The Morgan fingerprint density at radius 3 is 2.21 bits per heavy atom. The van der Waals surface area contributed by atoms with Crippen LogP contribution in [0.2, 0.25) is 0 Å². The van der Waals surface area contributed by atoms with Crippen molar-refractivity contribution < 1.29 is 4.92 Å². The van der Waals surface area contributed by atoms with Gasteiger partial charge in [-0.25, -0.2) is 0 Å². The van der Waals surface area contributed by atoms with Crippen LogP contribution in [0.25, 0.3) is 0 Å². The van der Waals surface area contributed by atoms with E-state index in [-0.39, 0.29) is 11.4 Å². The molecule has 0 bridgehead atoms. The van der Waals surface area contributed by atoms with Gasteiger partial charge in [0.1, 0.15) is 5.69 Å². The second-order valence-electron chi connectivity index (χ2n) is 5.79. The van der Waals surface area contributed by atoms with Gasteiger partial charge in [-0.05, 0) is 49.7 Å². The van der Waals surface area contributed by atoms with E-state index in [1.54, 1.807) is 6.07 Å². The first kappa shape index (κ1) is 12.3. The lowest BCUT2D eigenvalue weighted by Gasteiger charge is -2.25. The van der Waals surface area contributed by atoms with E-state index in [1.165, 1.54) is 31.7 Å². The summed E-state index contributed by atoms with van der Waals surface area (Å²) in [6.07, 6.45) is 5.24. The Morgan fingerprint density at radius 2 is 1.79 bits per heavy atom. The number of hydrogen-bond donors (Lipinski definition) is 1. The van der Waals surface area contributed by atoms with Crippen molar-refractivity contribution in [3.05, 3.63) is 28.3 Å². The molecule has 2 saturated carbocycles. The third-order valence-corrected chi connectivity index (χ3v) is 3.92. The van der Waals surface area contributed by atoms with Crippen LogP contribution in [0.4, 0.5) is 17.1 Å². The Labute approximate surface area is 112 Å². The fourth-order valence-corrected chi connectivity index (χ4v) is 2.41.